The van der Waals surface area contributed by atoms with Gasteiger partial charge in [0, 0.05) is 0 Å². The van der Waals surface area contributed by atoms with Crippen molar-refractivity contribution >= 4 is 8.88 Å². The van der Waals surface area contributed by atoms with E-state index in [1.165, 1.54) is 0 Å². The van der Waals surface area contributed by atoms with Crippen molar-refractivity contribution in [2.75, 3.05) is 13.2 Å². The van der Waals surface area contributed by atoms with Crippen LogP contribution in [0.5, 0.6) is 0 Å². The Kier molecular flexibility index (Phi) is 2.15. The van der Waals surface area contributed by atoms with Crippen molar-refractivity contribution in [2.24, 2.45) is 17.3 Å². The molecule has 3 heteroatoms. The predicted molar refractivity (Wildman–Crippen MR) is 43.0 cm³/mol. The van der Waals surface area contributed by atoms with E-state index in [9.17, 15) is 0 Å². The second-order valence-corrected chi connectivity index (χ2v) is 3.82. The first-order valence-electron chi connectivity index (χ1n) is 3.56. The number of aliphatic hydroxyl groups is 1. The maximum absolute atomic E-state index is 8.87. The summed E-state index contributed by atoms with van der Waals surface area (Å²) in [5.74, 6) is 0.999. The van der Waals surface area contributed by atoms with Gasteiger partial charge in [-0.3, -0.25) is 0 Å². The SMILES string of the molecule is CC1(C)C(C[N+]#P)[C@H]1CO. The second-order valence-electron chi connectivity index (χ2n) is 3.54. The van der Waals surface area contributed by atoms with Gasteiger partial charge in [-0.05, 0) is 0 Å². The van der Waals surface area contributed by atoms with E-state index < -0.39 is 0 Å². The molecule has 0 spiro atoms. The number of hydrogen-bond donors (Lipinski definition) is 1. The van der Waals surface area contributed by atoms with E-state index in [4.69, 9.17) is 5.11 Å². The molecule has 1 unspecified atom stereocenters. The van der Waals surface area contributed by atoms with Crippen molar-refractivity contribution in [3.8, 4) is 0 Å². The summed E-state index contributed by atoms with van der Waals surface area (Å²) in [5.41, 5.74) is 0.293. The van der Waals surface area contributed by atoms with Crippen molar-refractivity contribution in [2.45, 2.75) is 13.8 Å². The van der Waals surface area contributed by atoms with Gasteiger partial charge in [-0.15, -0.1) is 0 Å². The molecule has 0 heterocycles. The van der Waals surface area contributed by atoms with Crippen LogP contribution in [0.4, 0.5) is 0 Å². The van der Waals surface area contributed by atoms with Crippen LogP contribution in [0.25, 0.3) is 4.59 Å². The maximum atomic E-state index is 8.87. The number of nitrogens with zero attached hydrogens (tertiary/aromatic N) is 1. The van der Waals surface area contributed by atoms with Gasteiger partial charge in [0.1, 0.15) is 0 Å². The van der Waals surface area contributed by atoms with E-state index in [0.717, 1.165) is 6.54 Å². The van der Waals surface area contributed by atoms with Gasteiger partial charge in [-0.25, -0.2) is 0 Å². The van der Waals surface area contributed by atoms with Gasteiger partial charge in [0.05, 0.1) is 0 Å². The number of rotatable bonds is 2. The monoisotopic (exact) mass is 158 g/mol. The molecule has 10 heavy (non-hydrogen) atoms. The van der Waals surface area contributed by atoms with Gasteiger partial charge in [0.15, 0.2) is 0 Å². The third-order valence-corrected chi connectivity index (χ3v) is 2.93. The van der Waals surface area contributed by atoms with Crippen molar-refractivity contribution in [3.05, 3.63) is 4.59 Å². The van der Waals surface area contributed by atoms with Crippen LogP contribution in [0, 0.1) is 17.3 Å². The molecule has 0 radical (unpaired) electrons. The van der Waals surface area contributed by atoms with E-state index >= 15 is 0 Å². The van der Waals surface area contributed by atoms with Crippen LogP contribution in [0.2, 0.25) is 0 Å². The summed E-state index contributed by atoms with van der Waals surface area (Å²) in [4.78, 5) is 0. The van der Waals surface area contributed by atoms with E-state index in [-0.39, 0.29) is 0 Å². The molecule has 2 atom stereocenters. The first kappa shape index (κ1) is 8.20. The fourth-order valence-corrected chi connectivity index (χ4v) is 1.85. The third kappa shape index (κ3) is 1.12. The fourth-order valence-electron chi connectivity index (χ4n) is 1.67. The minimum absolute atomic E-state index is 0.293. The average Bonchev–Trinajstić information content (AvgIpc) is 2.36. The normalized spacial score (nSPS) is 35.0. The molecule has 0 amide bonds. The second kappa shape index (κ2) is 2.62. The van der Waals surface area contributed by atoms with Crippen LogP contribution >= 0.6 is 8.88 Å². The molecule has 1 aliphatic carbocycles. The number of hydrogen-bond acceptors (Lipinski definition) is 1. The molecule has 0 aromatic carbocycles. The molecular weight excluding hydrogens is 145 g/mol. The molecule has 1 rings (SSSR count). The molecule has 0 aliphatic heterocycles. The van der Waals surface area contributed by atoms with Gasteiger partial charge in [-0.2, -0.15) is 0 Å². The summed E-state index contributed by atoms with van der Waals surface area (Å²) in [6, 6.07) is 0. The molecule has 1 aliphatic rings. The van der Waals surface area contributed by atoms with Crippen LogP contribution in [0.1, 0.15) is 13.8 Å². The summed E-state index contributed by atoms with van der Waals surface area (Å²) in [7, 11) is 3.80. The number of aliphatic hydroxyl groups excluding tert-OH is 1. The van der Waals surface area contributed by atoms with Crippen molar-refractivity contribution in [1.82, 2.24) is 0 Å². The molecule has 2 nitrogen and oxygen atoms in total. The van der Waals surface area contributed by atoms with E-state index in [1.807, 2.05) is 0 Å². The first-order valence-corrected chi connectivity index (χ1v) is 3.96. The zero-order valence-corrected chi connectivity index (χ0v) is 7.30. The van der Waals surface area contributed by atoms with Gasteiger partial charge in [0.2, 0.25) is 0 Å². The quantitative estimate of drug-likeness (QED) is 0.610. The standard InChI is InChI=1S/C7H13NOP/c1-7(2)5(3-8-10)6(7)4-9/h5-6,9H,3-4H2,1-2H3/q+1/t5?,6-/m1/s1. The van der Waals surface area contributed by atoms with E-state index in [0.29, 0.717) is 23.9 Å². The van der Waals surface area contributed by atoms with Crippen LogP contribution in [0.15, 0.2) is 0 Å². The molecule has 0 saturated heterocycles. The van der Waals surface area contributed by atoms with E-state index in [1.54, 1.807) is 0 Å². The Morgan fingerprint density at radius 3 is 2.40 bits per heavy atom. The Morgan fingerprint density at radius 1 is 1.50 bits per heavy atom. The third-order valence-electron chi connectivity index (χ3n) is 2.76. The summed E-state index contributed by atoms with van der Waals surface area (Å²) >= 11 is 0. The summed E-state index contributed by atoms with van der Waals surface area (Å²) in [6.07, 6.45) is 0. The zero-order valence-electron chi connectivity index (χ0n) is 6.41. The molecule has 1 saturated carbocycles. The minimum atomic E-state index is 0.293. The molecule has 0 bridgehead atoms. The zero-order chi connectivity index (χ0) is 7.78. The molecule has 1 fully saturated rings. The van der Waals surface area contributed by atoms with Gasteiger partial charge < -0.3 is 0 Å². The van der Waals surface area contributed by atoms with Gasteiger partial charge >= 0.3 is 62.8 Å². The topological polar surface area (TPSA) is 24.6 Å². The molecular formula is C7H13NOP+. The predicted octanol–water partition coefficient (Wildman–Crippen LogP) is 1.95. The Balaban J connectivity index is 2.46. The Labute approximate surface area is 63.6 Å². The fraction of sp³-hybridized carbons (Fsp3) is 1.00. The summed E-state index contributed by atoms with van der Waals surface area (Å²) in [6.45, 7) is 5.40. The van der Waals surface area contributed by atoms with Crippen molar-refractivity contribution < 1.29 is 5.11 Å². The van der Waals surface area contributed by atoms with Crippen LogP contribution < -0.4 is 0 Å². The van der Waals surface area contributed by atoms with Crippen LogP contribution in [-0.2, 0) is 0 Å². The molecule has 0 aromatic rings. The Bertz CT molecular complexity index is 173. The van der Waals surface area contributed by atoms with Crippen molar-refractivity contribution in [1.29, 1.82) is 0 Å². The van der Waals surface area contributed by atoms with Crippen molar-refractivity contribution in [3.63, 3.8) is 0 Å². The van der Waals surface area contributed by atoms with Crippen LogP contribution in [0.3, 0.4) is 0 Å². The molecule has 56 valence electrons. The summed E-state index contributed by atoms with van der Waals surface area (Å²) in [5, 5.41) is 8.87. The molecule has 0 aromatic heterocycles. The molecule has 1 N–H and O–H groups in total. The van der Waals surface area contributed by atoms with Gasteiger partial charge in [-0.1, -0.05) is 0 Å². The average molecular weight is 158 g/mol. The first-order chi connectivity index (χ1) is 4.64. The Morgan fingerprint density at radius 2 is 2.10 bits per heavy atom. The summed E-state index contributed by atoms with van der Waals surface area (Å²) < 4.78 is 3.77. The van der Waals surface area contributed by atoms with Gasteiger partial charge in [0.25, 0.3) is 0 Å². The van der Waals surface area contributed by atoms with Crippen LogP contribution in [-0.4, -0.2) is 18.3 Å². The Hall–Kier alpha value is 0.100. The van der Waals surface area contributed by atoms with E-state index in [2.05, 4.69) is 27.3 Å².